The van der Waals surface area contributed by atoms with Crippen molar-refractivity contribution in [3.8, 4) is 0 Å². The minimum Gasteiger partial charge on any atom is -0.337 e. The minimum atomic E-state index is -0.239. The number of aryl methyl sites for hydroxylation is 2. The van der Waals surface area contributed by atoms with Crippen molar-refractivity contribution in [2.45, 2.75) is 26.3 Å². The molecule has 4 amide bonds. The third-order valence-electron chi connectivity index (χ3n) is 5.69. The Kier molecular flexibility index (Phi) is 7.04. The van der Waals surface area contributed by atoms with Crippen LogP contribution in [0.3, 0.4) is 0 Å². The molecule has 8 nitrogen and oxygen atoms in total. The van der Waals surface area contributed by atoms with Gasteiger partial charge in [0.2, 0.25) is 0 Å². The van der Waals surface area contributed by atoms with Gasteiger partial charge >= 0.3 is 12.1 Å². The maximum atomic E-state index is 12.4. The number of pyridine rings is 1. The van der Waals surface area contributed by atoms with E-state index in [4.69, 9.17) is 0 Å². The molecule has 8 heteroatoms. The number of nitrogens with one attached hydrogen (secondary N) is 4. The summed E-state index contributed by atoms with van der Waals surface area (Å²) in [6.07, 6.45) is 0.885. The highest BCUT2D eigenvalue weighted by molar-refractivity contribution is 6.00. The molecule has 2 heterocycles. The lowest BCUT2D eigenvalue weighted by Gasteiger charge is -2.17. The van der Waals surface area contributed by atoms with Crippen LogP contribution in [-0.4, -0.2) is 54.2 Å². The minimum absolute atomic E-state index is 0.0924. The summed E-state index contributed by atoms with van der Waals surface area (Å²) in [6, 6.07) is 17.0. The van der Waals surface area contributed by atoms with E-state index in [2.05, 4.69) is 31.2 Å². The second-order valence-electron chi connectivity index (χ2n) is 8.46. The number of benzene rings is 2. The number of likely N-dealkylation sites (tertiary alicyclic amines) is 1. The van der Waals surface area contributed by atoms with Crippen molar-refractivity contribution in [1.82, 2.24) is 20.5 Å². The van der Waals surface area contributed by atoms with Crippen molar-refractivity contribution in [1.29, 1.82) is 0 Å². The Morgan fingerprint density at radius 2 is 1.88 bits per heavy atom. The van der Waals surface area contributed by atoms with Gasteiger partial charge < -0.3 is 21.3 Å². The highest BCUT2D eigenvalue weighted by Gasteiger charge is 2.23. The standard InChI is InChI=1S/C25H30N6O2/c1-17-6-5-7-19(14-17)28-25(33)29-20-10-12-31(16-20)13-11-26-24(32)30-23-15-18(2)27-22-9-4-3-8-21(22)23/h3-9,14-15,20H,10-13,16H2,1-2H3,(H2,28,29,33)(H2,26,27,30,32). The molecule has 4 rings (SSSR count). The summed E-state index contributed by atoms with van der Waals surface area (Å²) in [6.45, 7) is 6.80. The monoisotopic (exact) mass is 446 g/mol. The quantitative estimate of drug-likeness (QED) is 0.462. The van der Waals surface area contributed by atoms with Gasteiger partial charge in [0.05, 0.1) is 11.2 Å². The third-order valence-corrected chi connectivity index (χ3v) is 5.69. The zero-order valence-corrected chi connectivity index (χ0v) is 19.0. The van der Waals surface area contributed by atoms with Crippen molar-refractivity contribution in [3.63, 3.8) is 0 Å². The summed E-state index contributed by atoms with van der Waals surface area (Å²) in [5.41, 5.74) is 4.35. The van der Waals surface area contributed by atoms with Gasteiger partial charge in [-0.3, -0.25) is 9.88 Å². The molecule has 0 spiro atoms. The van der Waals surface area contributed by atoms with Gasteiger partial charge in [0.1, 0.15) is 0 Å². The molecule has 1 aliphatic heterocycles. The van der Waals surface area contributed by atoms with E-state index in [1.165, 1.54) is 0 Å². The third kappa shape index (κ3) is 6.20. The van der Waals surface area contributed by atoms with Crippen LogP contribution in [0.4, 0.5) is 21.0 Å². The summed E-state index contributed by atoms with van der Waals surface area (Å²) in [4.78, 5) is 31.4. The summed E-state index contributed by atoms with van der Waals surface area (Å²) in [5, 5.41) is 12.7. The van der Waals surface area contributed by atoms with E-state index in [0.29, 0.717) is 6.54 Å². The first kappa shape index (κ1) is 22.5. The van der Waals surface area contributed by atoms with E-state index in [1.807, 2.05) is 68.4 Å². The Labute approximate surface area is 193 Å². The van der Waals surface area contributed by atoms with E-state index in [0.717, 1.165) is 59.6 Å². The van der Waals surface area contributed by atoms with Crippen LogP contribution in [0.2, 0.25) is 0 Å². The van der Waals surface area contributed by atoms with E-state index in [-0.39, 0.29) is 18.1 Å². The molecule has 0 radical (unpaired) electrons. The lowest BCUT2D eigenvalue weighted by atomic mass is 10.1. The molecular weight excluding hydrogens is 416 g/mol. The van der Waals surface area contributed by atoms with Gasteiger partial charge in [0.25, 0.3) is 0 Å². The molecule has 3 aromatic rings. The van der Waals surface area contributed by atoms with Crippen molar-refractivity contribution < 1.29 is 9.59 Å². The number of fused-ring (bicyclic) bond motifs is 1. The van der Waals surface area contributed by atoms with Gasteiger partial charge in [-0.2, -0.15) is 0 Å². The van der Waals surface area contributed by atoms with Gasteiger partial charge in [-0.1, -0.05) is 30.3 Å². The Hall–Kier alpha value is -3.65. The van der Waals surface area contributed by atoms with Crippen LogP contribution < -0.4 is 21.3 Å². The highest BCUT2D eigenvalue weighted by atomic mass is 16.2. The Bertz CT molecular complexity index is 1150. The number of carbonyl (C=O) groups is 2. The summed E-state index contributed by atoms with van der Waals surface area (Å²) in [5.74, 6) is 0. The lowest BCUT2D eigenvalue weighted by molar-refractivity contribution is 0.247. The van der Waals surface area contributed by atoms with Gasteiger partial charge in [-0.15, -0.1) is 0 Å². The van der Waals surface area contributed by atoms with Crippen molar-refractivity contribution >= 4 is 34.3 Å². The summed E-state index contributed by atoms with van der Waals surface area (Å²) in [7, 11) is 0. The molecule has 1 fully saturated rings. The van der Waals surface area contributed by atoms with Crippen molar-refractivity contribution in [2.24, 2.45) is 0 Å². The predicted octanol–water partition coefficient (Wildman–Crippen LogP) is 3.87. The van der Waals surface area contributed by atoms with Gasteiger partial charge in [-0.05, 0) is 50.1 Å². The van der Waals surface area contributed by atoms with Crippen LogP contribution in [0.15, 0.2) is 54.6 Å². The number of para-hydroxylation sites is 1. The average Bonchev–Trinajstić information content (AvgIpc) is 3.20. The summed E-state index contributed by atoms with van der Waals surface area (Å²) < 4.78 is 0. The topological polar surface area (TPSA) is 98.4 Å². The molecule has 172 valence electrons. The highest BCUT2D eigenvalue weighted by Crippen LogP contribution is 2.22. The Morgan fingerprint density at radius 3 is 2.73 bits per heavy atom. The SMILES string of the molecule is Cc1cccc(NC(=O)NC2CCN(CCNC(=O)Nc3cc(C)nc4ccccc34)C2)c1. The summed E-state index contributed by atoms with van der Waals surface area (Å²) >= 11 is 0. The molecule has 1 unspecified atom stereocenters. The molecular formula is C25H30N6O2. The van der Waals surface area contributed by atoms with Crippen molar-refractivity contribution in [3.05, 3.63) is 65.9 Å². The van der Waals surface area contributed by atoms with Crippen LogP contribution >= 0.6 is 0 Å². The first-order valence-corrected chi connectivity index (χ1v) is 11.2. The van der Waals surface area contributed by atoms with E-state index in [1.54, 1.807) is 0 Å². The van der Waals surface area contributed by atoms with Crippen LogP contribution in [0, 0.1) is 13.8 Å². The van der Waals surface area contributed by atoms with Gasteiger partial charge in [0.15, 0.2) is 0 Å². The fourth-order valence-corrected chi connectivity index (χ4v) is 4.13. The maximum absolute atomic E-state index is 12.4. The number of nitrogens with zero attached hydrogens (tertiary/aromatic N) is 2. The number of hydrogen-bond acceptors (Lipinski definition) is 4. The van der Waals surface area contributed by atoms with E-state index in [9.17, 15) is 9.59 Å². The van der Waals surface area contributed by atoms with Crippen LogP contribution in [-0.2, 0) is 0 Å². The predicted molar refractivity (Wildman–Crippen MR) is 132 cm³/mol. The van der Waals surface area contributed by atoms with Gasteiger partial charge in [0, 0.05) is 49.0 Å². The van der Waals surface area contributed by atoms with Crippen LogP contribution in [0.1, 0.15) is 17.7 Å². The molecule has 33 heavy (non-hydrogen) atoms. The van der Waals surface area contributed by atoms with Crippen molar-refractivity contribution in [2.75, 3.05) is 36.8 Å². The number of rotatable bonds is 6. The van der Waals surface area contributed by atoms with E-state index < -0.39 is 0 Å². The number of amides is 4. The second kappa shape index (κ2) is 10.3. The zero-order chi connectivity index (χ0) is 23.2. The molecule has 0 aliphatic carbocycles. The molecule has 0 bridgehead atoms. The Morgan fingerprint density at radius 1 is 1.03 bits per heavy atom. The number of urea groups is 2. The number of hydrogen-bond donors (Lipinski definition) is 4. The van der Waals surface area contributed by atoms with Crippen LogP contribution in [0.25, 0.3) is 10.9 Å². The lowest BCUT2D eigenvalue weighted by Crippen LogP contribution is -2.41. The fourth-order valence-electron chi connectivity index (χ4n) is 4.13. The first-order chi connectivity index (χ1) is 16.0. The number of carbonyl (C=O) groups excluding carboxylic acids is 2. The maximum Gasteiger partial charge on any atom is 0.319 e. The normalized spacial score (nSPS) is 15.9. The second-order valence-corrected chi connectivity index (χ2v) is 8.46. The largest absolute Gasteiger partial charge is 0.337 e. The molecule has 4 N–H and O–H groups in total. The first-order valence-electron chi connectivity index (χ1n) is 11.2. The molecule has 1 aromatic heterocycles. The average molecular weight is 447 g/mol. The molecule has 1 saturated heterocycles. The molecule has 1 atom stereocenters. The number of aromatic nitrogens is 1. The Balaban J connectivity index is 1.19. The zero-order valence-electron chi connectivity index (χ0n) is 19.0. The molecule has 2 aromatic carbocycles. The fraction of sp³-hybridized carbons (Fsp3) is 0.320. The molecule has 1 aliphatic rings. The number of anilines is 2. The van der Waals surface area contributed by atoms with E-state index >= 15 is 0 Å². The molecule has 0 saturated carbocycles. The van der Waals surface area contributed by atoms with Crippen LogP contribution in [0.5, 0.6) is 0 Å². The van der Waals surface area contributed by atoms with Gasteiger partial charge in [-0.25, -0.2) is 9.59 Å². The smallest absolute Gasteiger partial charge is 0.319 e.